The van der Waals surface area contributed by atoms with Gasteiger partial charge in [0.25, 0.3) is 0 Å². The standard InChI is InChI=1S/C14H23NO3/c1-10-8-14(5,7-6-11(10)16)12(17)18-9-15-13(2,3)4/h6-7,15-16H,8-9H2,1-5H3. The first-order valence-electron chi connectivity index (χ1n) is 6.14. The van der Waals surface area contributed by atoms with Crippen LogP contribution in [0.1, 0.15) is 41.0 Å². The number of hydrogen-bond donors (Lipinski definition) is 2. The summed E-state index contributed by atoms with van der Waals surface area (Å²) in [7, 11) is 0. The molecule has 0 spiro atoms. The average molecular weight is 253 g/mol. The van der Waals surface area contributed by atoms with E-state index >= 15 is 0 Å². The van der Waals surface area contributed by atoms with E-state index in [4.69, 9.17) is 4.74 Å². The van der Waals surface area contributed by atoms with E-state index in [0.29, 0.717) is 6.42 Å². The summed E-state index contributed by atoms with van der Waals surface area (Å²) in [6.45, 7) is 9.85. The number of allylic oxidation sites excluding steroid dienone is 2. The molecule has 4 nitrogen and oxygen atoms in total. The largest absolute Gasteiger partial charge is 0.508 e. The topological polar surface area (TPSA) is 58.6 Å². The van der Waals surface area contributed by atoms with Crippen LogP contribution < -0.4 is 5.32 Å². The summed E-state index contributed by atoms with van der Waals surface area (Å²) >= 11 is 0. The summed E-state index contributed by atoms with van der Waals surface area (Å²) in [6.07, 6.45) is 3.76. The van der Waals surface area contributed by atoms with Gasteiger partial charge in [-0.3, -0.25) is 10.1 Å². The third-order valence-corrected chi connectivity index (χ3v) is 2.95. The SMILES string of the molecule is CC1=C(O)C=CC(C)(C(=O)OCNC(C)(C)C)C1. The van der Waals surface area contributed by atoms with Gasteiger partial charge in [0.1, 0.15) is 12.5 Å². The lowest BCUT2D eigenvalue weighted by atomic mass is 9.80. The lowest BCUT2D eigenvalue weighted by molar-refractivity contribution is -0.153. The minimum absolute atomic E-state index is 0.0856. The highest BCUT2D eigenvalue weighted by Gasteiger charge is 2.35. The minimum atomic E-state index is -0.685. The number of ether oxygens (including phenoxy) is 1. The highest BCUT2D eigenvalue weighted by molar-refractivity contribution is 5.79. The molecule has 4 heteroatoms. The summed E-state index contributed by atoms with van der Waals surface area (Å²) < 4.78 is 5.24. The van der Waals surface area contributed by atoms with E-state index in [1.54, 1.807) is 12.2 Å². The molecule has 1 atom stereocenters. The zero-order valence-corrected chi connectivity index (χ0v) is 11.8. The molecular formula is C14H23NO3. The van der Waals surface area contributed by atoms with Crippen LogP contribution in [0.5, 0.6) is 0 Å². The summed E-state index contributed by atoms with van der Waals surface area (Å²) in [5.41, 5.74) is 0.0359. The minimum Gasteiger partial charge on any atom is -0.508 e. The highest BCUT2D eigenvalue weighted by atomic mass is 16.5. The second kappa shape index (κ2) is 5.14. The molecule has 0 aromatic heterocycles. The van der Waals surface area contributed by atoms with Gasteiger partial charge in [-0.25, -0.2) is 0 Å². The van der Waals surface area contributed by atoms with Crippen LogP contribution >= 0.6 is 0 Å². The molecule has 1 unspecified atom stereocenters. The van der Waals surface area contributed by atoms with Gasteiger partial charge in [0.2, 0.25) is 0 Å². The van der Waals surface area contributed by atoms with Crippen molar-refractivity contribution in [2.24, 2.45) is 5.41 Å². The van der Waals surface area contributed by atoms with Crippen LogP contribution in [0.25, 0.3) is 0 Å². The van der Waals surface area contributed by atoms with E-state index < -0.39 is 5.41 Å². The van der Waals surface area contributed by atoms with Crippen LogP contribution in [-0.4, -0.2) is 23.3 Å². The van der Waals surface area contributed by atoms with Crippen molar-refractivity contribution in [3.05, 3.63) is 23.5 Å². The Hall–Kier alpha value is -1.29. The first-order valence-corrected chi connectivity index (χ1v) is 6.14. The van der Waals surface area contributed by atoms with Gasteiger partial charge in [-0.05, 0) is 52.7 Å². The number of carbonyl (C=O) groups excluding carboxylic acids is 1. The van der Waals surface area contributed by atoms with Gasteiger partial charge in [0.15, 0.2) is 0 Å². The van der Waals surface area contributed by atoms with Gasteiger partial charge in [0.05, 0.1) is 5.41 Å². The van der Waals surface area contributed by atoms with Crippen molar-refractivity contribution in [1.29, 1.82) is 0 Å². The van der Waals surface area contributed by atoms with Crippen LogP contribution in [0, 0.1) is 5.41 Å². The Morgan fingerprint density at radius 2 is 2.17 bits per heavy atom. The van der Waals surface area contributed by atoms with E-state index in [1.165, 1.54) is 0 Å². The molecule has 0 saturated carbocycles. The van der Waals surface area contributed by atoms with E-state index in [1.807, 2.05) is 34.6 Å². The Labute approximate surface area is 109 Å². The van der Waals surface area contributed by atoms with Gasteiger partial charge in [-0.2, -0.15) is 0 Å². The van der Waals surface area contributed by atoms with Gasteiger partial charge in [-0.15, -0.1) is 0 Å². The van der Waals surface area contributed by atoms with Crippen molar-refractivity contribution in [3.63, 3.8) is 0 Å². The molecule has 0 radical (unpaired) electrons. The number of aliphatic hydroxyl groups excluding tert-OH is 1. The lowest BCUT2D eigenvalue weighted by Gasteiger charge is -2.28. The number of nitrogens with one attached hydrogen (secondary N) is 1. The maximum Gasteiger partial charge on any atom is 0.317 e. The highest BCUT2D eigenvalue weighted by Crippen LogP contribution is 2.34. The molecular weight excluding hydrogens is 230 g/mol. The molecule has 1 rings (SSSR count). The smallest absolute Gasteiger partial charge is 0.317 e. The molecule has 1 aliphatic carbocycles. The first-order chi connectivity index (χ1) is 8.14. The van der Waals surface area contributed by atoms with Crippen molar-refractivity contribution < 1.29 is 14.6 Å². The average Bonchev–Trinajstić information content (AvgIpc) is 2.22. The molecule has 102 valence electrons. The van der Waals surface area contributed by atoms with Gasteiger partial charge in [0, 0.05) is 5.54 Å². The number of esters is 1. The van der Waals surface area contributed by atoms with Crippen molar-refractivity contribution in [3.8, 4) is 0 Å². The Kier molecular flexibility index (Phi) is 4.22. The maximum absolute atomic E-state index is 12.0. The summed E-state index contributed by atoms with van der Waals surface area (Å²) in [4.78, 5) is 12.0. The molecule has 0 bridgehead atoms. The summed E-state index contributed by atoms with van der Waals surface area (Å²) in [5.74, 6) is -0.0320. The Morgan fingerprint density at radius 3 is 2.67 bits per heavy atom. The monoisotopic (exact) mass is 253 g/mol. The molecule has 1 aliphatic rings. The predicted octanol–water partition coefficient (Wildman–Crippen LogP) is 2.67. The third kappa shape index (κ3) is 3.88. The molecule has 0 heterocycles. The first kappa shape index (κ1) is 14.8. The number of rotatable bonds is 3. The van der Waals surface area contributed by atoms with E-state index in [0.717, 1.165) is 5.57 Å². The quantitative estimate of drug-likeness (QED) is 0.599. The lowest BCUT2D eigenvalue weighted by Crippen LogP contribution is -2.40. The molecule has 0 saturated heterocycles. The van der Waals surface area contributed by atoms with Crippen LogP contribution in [0.4, 0.5) is 0 Å². The molecule has 2 N–H and O–H groups in total. The molecule has 0 aromatic carbocycles. The van der Waals surface area contributed by atoms with E-state index in [9.17, 15) is 9.90 Å². The second-order valence-electron chi connectivity index (χ2n) is 6.10. The maximum atomic E-state index is 12.0. The van der Waals surface area contributed by atoms with Crippen molar-refractivity contribution in [2.75, 3.05) is 6.73 Å². The van der Waals surface area contributed by atoms with Crippen molar-refractivity contribution >= 4 is 5.97 Å². The fourth-order valence-electron chi connectivity index (χ4n) is 1.73. The Morgan fingerprint density at radius 1 is 1.56 bits per heavy atom. The van der Waals surface area contributed by atoms with E-state index in [2.05, 4.69) is 5.32 Å². The molecule has 0 aromatic rings. The van der Waals surface area contributed by atoms with Crippen LogP contribution in [-0.2, 0) is 9.53 Å². The predicted molar refractivity (Wildman–Crippen MR) is 71.0 cm³/mol. The summed E-state index contributed by atoms with van der Waals surface area (Å²) in [5, 5.41) is 12.6. The third-order valence-electron chi connectivity index (χ3n) is 2.95. The fourth-order valence-corrected chi connectivity index (χ4v) is 1.73. The van der Waals surface area contributed by atoms with Gasteiger partial charge < -0.3 is 9.84 Å². The molecule has 0 aliphatic heterocycles. The Balaban J connectivity index is 2.56. The second-order valence-corrected chi connectivity index (χ2v) is 6.10. The molecule has 18 heavy (non-hydrogen) atoms. The van der Waals surface area contributed by atoms with E-state index in [-0.39, 0.29) is 24.0 Å². The molecule has 0 amide bonds. The number of aliphatic hydroxyl groups is 1. The van der Waals surface area contributed by atoms with Crippen molar-refractivity contribution in [1.82, 2.24) is 5.32 Å². The van der Waals surface area contributed by atoms with Crippen LogP contribution in [0.15, 0.2) is 23.5 Å². The number of hydrogen-bond acceptors (Lipinski definition) is 4. The summed E-state index contributed by atoms with van der Waals surface area (Å²) in [6, 6.07) is 0. The van der Waals surface area contributed by atoms with Crippen LogP contribution in [0.3, 0.4) is 0 Å². The fraction of sp³-hybridized carbons (Fsp3) is 0.643. The van der Waals surface area contributed by atoms with Gasteiger partial charge >= 0.3 is 5.97 Å². The zero-order valence-electron chi connectivity index (χ0n) is 11.8. The zero-order chi connectivity index (χ0) is 14.0. The van der Waals surface area contributed by atoms with Crippen molar-refractivity contribution in [2.45, 2.75) is 46.6 Å². The van der Waals surface area contributed by atoms with Gasteiger partial charge in [-0.1, -0.05) is 6.08 Å². The number of carbonyl (C=O) groups is 1. The van der Waals surface area contributed by atoms with Crippen LogP contribution in [0.2, 0.25) is 0 Å². The molecule has 0 fully saturated rings. The normalized spacial score (nSPS) is 24.3. The Bertz CT molecular complexity index is 390.